The molecule has 162 valence electrons. The van der Waals surface area contributed by atoms with Crippen molar-refractivity contribution in [2.24, 2.45) is 0 Å². The zero-order valence-corrected chi connectivity index (χ0v) is 18.5. The summed E-state index contributed by atoms with van der Waals surface area (Å²) in [6.07, 6.45) is 0.609. The van der Waals surface area contributed by atoms with Crippen LogP contribution in [0.5, 0.6) is 0 Å². The van der Waals surface area contributed by atoms with Gasteiger partial charge in [-0.1, -0.05) is 64.6 Å². The number of benzene rings is 2. The van der Waals surface area contributed by atoms with Gasteiger partial charge in [-0.2, -0.15) is 0 Å². The molecule has 1 aromatic heterocycles. The number of aryl methyl sites for hydroxylation is 1. The van der Waals surface area contributed by atoms with Gasteiger partial charge in [0.05, 0.1) is 6.61 Å². The van der Waals surface area contributed by atoms with Crippen molar-refractivity contribution in [3.63, 3.8) is 0 Å². The summed E-state index contributed by atoms with van der Waals surface area (Å²) in [5.74, 6) is -0.581. The Morgan fingerprint density at radius 3 is 2.52 bits per heavy atom. The molecule has 0 fully saturated rings. The number of nitrogens with one attached hydrogen (secondary N) is 1. The Morgan fingerprint density at radius 1 is 1.13 bits per heavy atom. The Kier molecular flexibility index (Phi) is 8.26. The van der Waals surface area contributed by atoms with Crippen LogP contribution in [0.4, 0.5) is 0 Å². The van der Waals surface area contributed by atoms with Gasteiger partial charge >= 0.3 is 0 Å². The van der Waals surface area contributed by atoms with Gasteiger partial charge in [-0.25, -0.2) is 0 Å². The van der Waals surface area contributed by atoms with Crippen LogP contribution in [0.1, 0.15) is 33.2 Å². The molecule has 2 aromatic carbocycles. The molecule has 0 radical (unpaired) electrons. The number of ether oxygens (including phenoxy) is 1. The van der Waals surface area contributed by atoms with Crippen molar-refractivity contribution in [2.75, 3.05) is 26.8 Å². The quantitative estimate of drug-likeness (QED) is 0.492. The highest BCUT2D eigenvalue weighted by molar-refractivity contribution is 7.03. The molecule has 0 aliphatic carbocycles. The van der Waals surface area contributed by atoms with Gasteiger partial charge in [-0.05, 0) is 36.0 Å². The highest BCUT2D eigenvalue weighted by Crippen LogP contribution is 2.24. The van der Waals surface area contributed by atoms with Gasteiger partial charge in [0, 0.05) is 25.6 Å². The van der Waals surface area contributed by atoms with Crippen molar-refractivity contribution < 1.29 is 14.3 Å². The third kappa shape index (κ3) is 6.19. The van der Waals surface area contributed by atoms with Gasteiger partial charge in [-0.15, -0.1) is 5.10 Å². The second-order valence-corrected chi connectivity index (χ2v) is 7.73. The normalized spacial score (nSPS) is 11.7. The van der Waals surface area contributed by atoms with Crippen LogP contribution in [-0.4, -0.2) is 53.1 Å². The van der Waals surface area contributed by atoms with E-state index in [1.165, 1.54) is 0 Å². The maximum Gasteiger partial charge on any atom is 0.276 e. The Labute approximate surface area is 186 Å². The summed E-state index contributed by atoms with van der Waals surface area (Å²) in [7, 11) is 1.58. The molecule has 0 bridgehead atoms. The SMILES string of the molecule is COCCNC(=O)C(c1ccc(C)cc1)N(CCc1ccccc1)C(=O)c1csnn1. The van der Waals surface area contributed by atoms with Gasteiger partial charge in [-0.3, -0.25) is 9.59 Å². The standard InChI is InChI=1S/C23H26N4O3S/c1-17-8-10-19(11-9-17)21(22(28)24-13-15-30-2)27(23(29)20-16-31-26-25-20)14-12-18-6-4-3-5-7-18/h3-11,16,21H,12-15H2,1-2H3,(H,24,28). The lowest BCUT2D eigenvalue weighted by atomic mass is 10.0. The van der Waals surface area contributed by atoms with E-state index >= 15 is 0 Å². The number of amides is 2. The molecule has 0 spiro atoms. The first-order chi connectivity index (χ1) is 15.1. The highest BCUT2D eigenvalue weighted by atomic mass is 32.1. The van der Waals surface area contributed by atoms with Crippen molar-refractivity contribution in [3.8, 4) is 0 Å². The third-order valence-electron chi connectivity index (χ3n) is 4.88. The van der Waals surface area contributed by atoms with E-state index in [4.69, 9.17) is 4.74 Å². The lowest BCUT2D eigenvalue weighted by Gasteiger charge is -2.31. The fourth-order valence-corrected chi connectivity index (χ4v) is 3.67. The molecule has 2 amide bonds. The largest absolute Gasteiger partial charge is 0.383 e. The van der Waals surface area contributed by atoms with E-state index in [1.54, 1.807) is 17.4 Å². The number of hydrogen-bond donors (Lipinski definition) is 1. The van der Waals surface area contributed by atoms with Crippen LogP contribution in [0.25, 0.3) is 0 Å². The minimum atomic E-state index is -0.796. The predicted molar refractivity (Wildman–Crippen MR) is 120 cm³/mol. The van der Waals surface area contributed by atoms with E-state index < -0.39 is 6.04 Å². The van der Waals surface area contributed by atoms with E-state index in [1.807, 2.05) is 61.5 Å². The van der Waals surface area contributed by atoms with Crippen LogP contribution < -0.4 is 5.32 Å². The van der Waals surface area contributed by atoms with Crippen LogP contribution in [0, 0.1) is 6.92 Å². The van der Waals surface area contributed by atoms with Gasteiger partial charge in [0.15, 0.2) is 5.69 Å². The van der Waals surface area contributed by atoms with Crippen molar-refractivity contribution in [1.82, 2.24) is 19.8 Å². The molecule has 0 aliphatic heterocycles. The van der Waals surface area contributed by atoms with E-state index in [9.17, 15) is 9.59 Å². The first kappa shape index (κ1) is 22.6. The number of rotatable bonds is 10. The molecule has 31 heavy (non-hydrogen) atoms. The van der Waals surface area contributed by atoms with Crippen LogP contribution in [0.3, 0.4) is 0 Å². The third-order valence-corrected chi connectivity index (χ3v) is 5.39. The van der Waals surface area contributed by atoms with Crippen LogP contribution in [0.15, 0.2) is 60.0 Å². The second-order valence-electron chi connectivity index (χ2n) is 7.12. The zero-order chi connectivity index (χ0) is 22.1. The zero-order valence-electron chi connectivity index (χ0n) is 17.7. The molecular formula is C23H26N4O3S. The van der Waals surface area contributed by atoms with E-state index in [2.05, 4.69) is 14.9 Å². The fourth-order valence-electron chi connectivity index (χ4n) is 3.24. The van der Waals surface area contributed by atoms with E-state index in [-0.39, 0.29) is 17.5 Å². The highest BCUT2D eigenvalue weighted by Gasteiger charge is 2.32. The maximum absolute atomic E-state index is 13.4. The van der Waals surface area contributed by atoms with Gasteiger partial charge in [0.1, 0.15) is 6.04 Å². The molecule has 0 saturated carbocycles. The Morgan fingerprint density at radius 2 is 1.87 bits per heavy atom. The fraction of sp³-hybridized carbons (Fsp3) is 0.304. The molecule has 1 atom stereocenters. The van der Waals surface area contributed by atoms with Gasteiger partial charge in [0.25, 0.3) is 5.91 Å². The Bertz CT molecular complexity index is 962. The molecule has 1 unspecified atom stereocenters. The molecule has 7 nitrogen and oxygen atoms in total. The number of carbonyl (C=O) groups excluding carboxylic acids is 2. The van der Waals surface area contributed by atoms with Crippen molar-refractivity contribution in [1.29, 1.82) is 0 Å². The van der Waals surface area contributed by atoms with E-state index in [0.717, 1.165) is 28.2 Å². The first-order valence-electron chi connectivity index (χ1n) is 10.1. The number of carbonyl (C=O) groups is 2. The maximum atomic E-state index is 13.4. The summed E-state index contributed by atoms with van der Waals surface area (Å²) in [6.45, 7) is 3.09. The van der Waals surface area contributed by atoms with Crippen LogP contribution in [0.2, 0.25) is 0 Å². The number of hydrogen-bond acceptors (Lipinski definition) is 6. The number of methoxy groups -OCH3 is 1. The summed E-state index contributed by atoms with van der Waals surface area (Å²) in [5.41, 5.74) is 3.14. The first-order valence-corrected chi connectivity index (χ1v) is 10.9. The summed E-state index contributed by atoms with van der Waals surface area (Å²) in [6, 6.07) is 16.7. The molecule has 0 aliphatic rings. The molecular weight excluding hydrogens is 412 g/mol. The summed E-state index contributed by atoms with van der Waals surface area (Å²) < 4.78 is 8.87. The van der Waals surface area contributed by atoms with Gasteiger partial charge in [0.2, 0.25) is 5.91 Å². The van der Waals surface area contributed by atoms with Gasteiger partial charge < -0.3 is 15.0 Å². The molecule has 3 aromatic rings. The molecule has 8 heteroatoms. The van der Waals surface area contributed by atoms with E-state index in [0.29, 0.717) is 26.1 Å². The molecule has 1 heterocycles. The van der Waals surface area contributed by atoms with Crippen molar-refractivity contribution in [3.05, 3.63) is 82.4 Å². The average Bonchev–Trinajstić information content (AvgIpc) is 3.33. The smallest absolute Gasteiger partial charge is 0.276 e. The lowest BCUT2D eigenvalue weighted by Crippen LogP contribution is -2.45. The van der Waals surface area contributed by atoms with Crippen molar-refractivity contribution in [2.45, 2.75) is 19.4 Å². The van der Waals surface area contributed by atoms with Crippen LogP contribution in [-0.2, 0) is 16.0 Å². The predicted octanol–water partition coefficient (Wildman–Crippen LogP) is 3.04. The molecule has 3 rings (SSSR count). The summed E-state index contributed by atoms with van der Waals surface area (Å²) in [4.78, 5) is 28.2. The van der Waals surface area contributed by atoms with Crippen molar-refractivity contribution >= 4 is 23.3 Å². The molecule has 1 N–H and O–H groups in total. The summed E-state index contributed by atoms with van der Waals surface area (Å²) in [5, 5.41) is 8.43. The topological polar surface area (TPSA) is 84.4 Å². The van der Waals surface area contributed by atoms with Crippen LogP contribution >= 0.6 is 11.5 Å². The number of nitrogens with zero attached hydrogens (tertiary/aromatic N) is 3. The number of aromatic nitrogens is 2. The monoisotopic (exact) mass is 438 g/mol. The molecule has 0 saturated heterocycles. The Hall–Kier alpha value is -3.10. The minimum Gasteiger partial charge on any atom is -0.383 e. The lowest BCUT2D eigenvalue weighted by molar-refractivity contribution is -0.126. The Balaban J connectivity index is 1.94. The summed E-state index contributed by atoms with van der Waals surface area (Å²) >= 11 is 1.11. The minimum absolute atomic E-state index is 0.236. The average molecular weight is 439 g/mol. The second kappa shape index (κ2) is 11.3.